The second-order valence-corrected chi connectivity index (χ2v) is 2.91. The molecule has 0 aliphatic carbocycles. The smallest absolute Gasteiger partial charge is 0.332 e. The number of hydrogen-bond donors (Lipinski definition) is 2. The van der Waals surface area contributed by atoms with Gasteiger partial charge in [-0.3, -0.25) is 0 Å². The molecule has 1 unspecified atom stereocenters. The molecule has 0 aliphatic heterocycles. The minimum atomic E-state index is -0.635. The zero-order valence-corrected chi connectivity index (χ0v) is 6.81. The van der Waals surface area contributed by atoms with E-state index in [1.54, 1.807) is 18.0 Å². The summed E-state index contributed by atoms with van der Waals surface area (Å²) in [5.41, 5.74) is 6.86. The predicted octanol–water partition coefficient (Wildman–Crippen LogP) is 0.392. The van der Waals surface area contributed by atoms with E-state index in [9.17, 15) is 4.79 Å². The molecule has 0 radical (unpaired) electrons. The van der Waals surface area contributed by atoms with Crippen LogP contribution in [-0.2, 0) is 0 Å². The molecule has 0 fully saturated rings. The lowest BCUT2D eigenvalue weighted by atomic mass is 10.5. The summed E-state index contributed by atoms with van der Waals surface area (Å²) in [6.07, 6.45) is 3.58. The number of urea groups is 1. The monoisotopic (exact) mass is 161 g/mol. The second-order valence-electron chi connectivity index (χ2n) is 1.70. The van der Waals surface area contributed by atoms with Crippen LogP contribution in [0.2, 0.25) is 0 Å². The minimum absolute atomic E-state index is 0.298. The van der Waals surface area contributed by atoms with Crippen molar-refractivity contribution in [3.05, 3.63) is 0 Å². The first-order chi connectivity index (χ1) is 4.66. The molecule has 58 valence electrons. The lowest BCUT2D eigenvalue weighted by Gasteiger charge is -1.97. The van der Waals surface area contributed by atoms with Crippen LogP contribution in [0.3, 0.4) is 0 Å². The number of nitrogens with one attached hydrogen (secondary N) is 1. The van der Waals surface area contributed by atoms with Gasteiger partial charge in [0.25, 0.3) is 0 Å². The molecule has 1 atom stereocenters. The topological polar surface area (TPSA) is 67.5 Å². The van der Waals surface area contributed by atoms with Crippen molar-refractivity contribution in [2.45, 2.75) is 12.2 Å². The molecule has 2 amide bonds. The Labute approximate surface area is 64.2 Å². The Balaban J connectivity index is 3.45. The third-order valence-corrected chi connectivity index (χ3v) is 1.70. The first-order valence-corrected chi connectivity index (χ1v) is 4.07. The molecule has 0 heterocycles. The molecule has 0 rings (SSSR count). The normalized spacial score (nSPS) is 13.4. The van der Waals surface area contributed by atoms with Crippen molar-refractivity contribution in [3.63, 3.8) is 0 Å². The van der Waals surface area contributed by atoms with Gasteiger partial charge in [-0.1, -0.05) is 0 Å². The van der Waals surface area contributed by atoms with Gasteiger partial charge in [-0.15, -0.1) is 0 Å². The van der Waals surface area contributed by atoms with E-state index in [-0.39, 0.29) is 0 Å². The zero-order valence-electron chi connectivity index (χ0n) is 6.00. The summed E-state index contributed by atoms with van der Waals surface area (Å²) in [4.78, 5) is 10.1. The molecule has 0 aromatic rings. The molecule has 0 saturated heterocycles. The molecular weight excluding hydrogens is 150 g/mol. The van der Waals surface area contributed by atoms with E-state index < -0.39 is 6.03 Å². The summed E-state index contributed by atoms with van der Waals surface area (Å²) in [7, 11) is 0. The summed E-state index contributed by atoms with van der Waals surface area (Å²) in [5.74, 6) is 0. The highest BCUT2D eigenvalue weighted by molar-refractivity contribution is 7.99. The van der Waals surface area contributed by atoms with Crippen LogP contribution in [-0.4, -0.2) is 23.8 Å². The minimum Gasteiger partial charge on any atom is -0.350 e. The fraction of sp³-hybridized carbons (Fsp3) is 0.600. The van der Waals surface area contributed by atoms with Gasteiger partial charge in [0, 0.05) is 11.5 Å². The Hall–Kier alpha value is -0.710. The van der Waals surface area contributed by atoms with Crippen molar-refractivity contribution < 1.29 is 4.79 Å². The van der Waals surface area contributed by atoms with Crippen molar-refractivity contribution in [1.29, 1.82) is 0 Å². The van der Waals surface area contributed by atoms with Crippen LogP contribution < -0.4 is 11.2 Å². The number of amides is 2. The van der Waals surface area contributed by atoms with Gasteiger partial charge in [-0.25, -0.2) is 10.2 Å². The standard InChI is InChI=1S/C5H11N3OS/c1-4(10-2)3-7-8-5(6)9/h3-4H,1-2H3,(H3,6,8,9)/b7-3+. The Morgan fingerprint density at radius 3 is 2.90 bits per heavy atom. The molecule has 0 aromatic heterocycles. The van der Waals surface area contributed by atoms with Gasteiger partial charge >= 0.3 is 6.03 Å². The van der Waals surface area contributed by atoms with Gasteiger partial charge in [0.2, 0.25) is 0 Å². The number of thioether (sulfide) groups is 1. The van der Waals surface area contributed by atoms with Crippen LogP contribution in [0.1, 0.15) is 6.92 Å². The Morgan fingerprint density at radius 2 is 2.50 bits per heavy atom. The highest BCUT2D eigenvalue weighted by Crippen LogP contribution is 1.99. The molecule has 3 N–H and O–H groups in total. The summed E-state index contributed by atoms with van der Waals surface area (Å²) < 4.78 is 0. The Kier molecular flexibility index (Phi) is 4.74. The van der Waals surface area contributed by atoms with Crippen molar-refractivity contribution >= 4 is 24.0 Å². The highest BCUT2D eigenvalue weighted by Gasteiger charge is 1.91. The van der Waals surface area contributed by atoms with Crippen molar-refractivity contribution in [1.82, 2.24) is 5.43 Å². The fourth-order valence-electron chi connectivity index (χ4n) is 0.267. The van der Waals surface area contributed by atoms with Crippen LogP contribution in [0, 0.1) is 0 Å². The van der Waals surface area contributed by atoms with E-state index in [4.69, 9.17) is 5.73 Å². The maximum Gasteiger partial charge on any atom is 0.332 e. The quantitative estimate of drug-likeness (QED) is 0.464. The lowest BCUT2D eigenvalue weighted by molar-refractivity contribution is 0.249. The average Bonchev–Trinajstić information content (AvgIpc) is 1.87. The predicted molar refractivity (Wildman–Crippen MR) is 44.2 cm³/mol. The Bertz CT molecular complexity index is 137. The molecule has 10 heavy (non-hydrogen) atoms. The first kappa shape index (κ1) is 9.29. The molecule has 0 aliphatic rings. The zero-order chi connectivity index (χ0) is 7.98. The lowest BCUT2D eigenvalue weighted by Crippen LogP contribution is -2.24. The van der Waals surface area contributed by atoms with E-state index in [0.29, 0.717) is 5.25 Å². The van der Waals surface area contributed by atoms with Gasteiger partial charge in [-0.2, -0.15) is 16.9 Å². The van der Waals surface area contributed by atoms with Gasteiger partial charge < -0.3 is 5.73 Å². The number of nitrogens with zero attached hydrogens (tertiary/aromatic N) is 1. The van der Waals surface area contributed by atoms with Crippen molar-refractivity contribution in [2.24, 2.45) is 10.8 Å². The second kappa shape index (κ2) is 5.10. The third-order valence-electron chi connectivity index (χ3n) is 0.831. The largest absolute Gasteiger partial charge is 0.350 e. The molecule has 0 saturated carbocycles. The SMILES string of the molecule is CSC(C)/C=N/NC(N)=O. The summed E-state index contributed by atoms with van der Waals surface area (Å²) in [5, 5.41) is 3.87. The average molecular weight is 161 g/mol. The van der Waals surface area contributed by atoms with Crippen molar-refractivity contribution in [2.75, 3.05) is 6.26 Å². The number of rotatable bonds is 3. The molecule has 0 spiro atoms. The summed E-state index contributed by atoms with van der Waals surface area (Å²) in [6, 6.07) is -0.635. The maximum atomic E-state index is 10.1. The molecule has 0 aromatic carbocycles. The maximum absolute atomic E-state index is 10.1. The molecule has 0 bridgehead atoms. The fourth-order valence-corrected chi connectivity index (χ4v) is 0.449. The molecule has 5 heteroatoms. The number of nitrogens with two attached hydrogens (primary N) is 1. The Morgan fingerprint density at radius 1 is 1.90 bits per heavy atom. The van der Waals surface area contributed by atoms with E-state index in [1.807, 2.05) is 13.2 Å². The van der Waals surface area contributed by atoms with Crippen LogP contribution in [0.5, 0.6) is 0 Å². The number of hydrazone groups is 1. The van der Waals surface area contributed by atoms with Crippen molar-refractivity contribution in [3.8, 4) is 0 Å². The van der Waals surface area contributed by atoms with E-state index in [1.165, 1.54) is 0 Å². The van der Waals surface area contributed by atoms with Crippen LogP contribution in [0.25, 0.3) is 0 Å². The van der Waals surface area contributed by atoms with E-state index >= 15 is 0 Å². The van der Waals surface area contributed by atoms with E-state index in [2.05, 4.69) is 10.5 Å². The van der Waals surface area contributed by atoms with Crippen LogP contribution >= 0.6 is 11.8 Å². The van der Waals surface area contributed by atoms with Gasteiger partial charge in [0.15, 0.2) is 0 Å². The van der Waals surface area contributed by atoms with Crippen LogP contribution in [0.15, 0.2) is 5.10 Å². The van der Waals surface area contributed by atoms with Gasteiger partial charge in [-0.05, 0) is 13.2 Å². The first-order valence-electron chi connectivity index (χ1n) is 2.78. The number of carbonyl (C=O) groups excluding carboxylic acids is 1. The molecular formula is C5H11N3OS. The highest BCUT2D eigenvalue weighted by atomic mass is 32.2. The summed E-state index contributed by atoms with van der Waals surface area (Å²) >= 11 is 1.64. The number of hydrogen-bond acceptors (Lipinski definition) is 3. The summed E-state index contributed by atoms with van der Waals surface area (Å²) in [6.45, 7) is 1.97. The number of primary amides is 1. The number of carbonyl (C=O) groups is 1. The van der Waals surface area contributed by atoms with Crippen LogP contribution in [0.4, 0.5) is 4.79 Å². The molecule has 4 nitrogen and oxygen atoms in total. The third kappa shape index (κ3) is 5.43. The van der Waals surface area contributed by atoms with Gasteiger partial charge in [0.05, 0.1) is 0 Å². The van der Waals surface area contributed by atoms with Gasteiger partial charge in [0.1, 0.15) is 0 Å². The van der Waals surface area contributed by atoms with E-state index in [0.717, 1.165) is 0 Å².